The number of hydrogen-bond donors (Lipinski definition) is 1. The van der Waals surface area contributed by atoms with E-state index in [1.165, 1.54) is 10.6 Å². The second-order valence-electron chi connectivity index (χ2n) is 6.05. The van der Waals surface area contributed by atoms with Crippen LogP contribution >= 0.6 is 11.6 Å². The highest BCUT2D eigenvalue weighted by atomic mass is 35.5. The molecule has 0 aliphatic rings. The zero-order chi connectivity index (χ0) is 19.0. The minimum absolute atomic E-state index is 0.149. The second-order valence-corrected chi connectivity index (χ2v) is 8.47. The van der Waals surface area contributed by atoms with Crippen molar-refractivity contribution in [3.05, 3.63) is 70.7 Å². The predicted molar refractivity (Wildman–Crippen MR) is 105 cm³/mol. The first-order valence-electron chi connectivity index (χ1n) is 8.35. The van der Waals surface area contributed by atoms with Gasteiger partial charge in [-0.3, -0.25) is 4.79 Å². The quantitative estimate of drug-likeness (QED) is 0.710. The Bertz CT molecular complexity index is 808. The zero-order valence-corrected chi connectivity index (χ0v) is 16.3. The number of sulfonamides is 1. The molecule has 1 amide bonds. The monoisotopic (exact) mass is 394 g/mol. The third-order valence-electron chi connectivity index (χ3n) is 3.92. The Hall–Kier alpha value is -1.89. The molecule has 2 aromatic rings. The fraction of sp³-hybridized carbons (Fsp3) is 0.316. The lowest BCUT2D eigenvalue weighted by Gasteiger charge is -2.20. The van der Waals surface area contributed by atoms with Crippen molar-refractivity contribution in [3.63, 3.8) is 0 Å². The average molecular weight is 395 g/mol. The van der Waals surface area contributed by atoms with E-state index in [4.69, 9.17) is 11.6 Å². The summed E-state index contributed by atoms with van der Waals surface area (Å²) in [5, 5.41) is 3.39. The summed E-state index contributed by atoms with van der Waals surface area (Å²) in [4.78, 5) is 12.0. The van der Waals surface area contributed by atoms with E-state index in [9.17, 15) is 13.2 Å². The second kappa shape index (κ2) is 9.71. The summed E-state index contributed by atoms with van der Waals surface area (Å²) in [5.41, 5.74) is 1.93. The van der Waals surface area contributed by atoms with Gasteiger partial charge in [0.15, 0.2) is 0 Å². The molecule has 0 saturated heterocycles. The Morgan fingerprint density at radius 3 is 2.27 bits per heavy atom. The number of rotatable bonds is 9. The van der Waals surface area contributed by atoms with Gasteiger partial charge in [-0.1, -0.05) is 54.1 Å². The normalized spacial score (nSPS) is 11.5. The lowest BCUT2D eigenvalue weighted by Crippen LogP contribution is -2.39. The summed E-state index contributed by atoms with van der Waals surface area (Å²) >= 11 is 5.82. The van der Waals surface area contributed by atoms with Crippen molar-refractivity contribution in [1.29, 1.82) is 0 Å². The molecule has 0 unspecified atom stereocenters. The SMILES string of the molecule is CS(=O)(=O)N(CCNC(=O)Cc1ccc(Cl)cc1)CCc1ccccc1. The molecule has 26 heavy (non-hydrogen) atoms. The molecule has 0 aliphatic carbocycles. The Kier molecular flexibility index (Phi) is 7.63. The van der Waals surface area contributed by atoms with Gasteiger partial charge >= 0.3 is 0 Å². The zero-order valence-electron chi connectivity index (χ0n) is 14.7. The van der Waals surface area contributed by atoms with Crippen LogP contribution in [0.2, 0.25) is 5.02 Å². The van der Waals surface area contributed by atoms with E-state index in [2.05, 4.69) is 5.32 Å². The number of amides is 1. The summed E-state index contributed by atoms with van der Waals surface area (Å²) in [6.07, 6.45) is 2.06. The number of nitrogens with one attached hydrogen (secondary N) is 1. The molecule has 0 radical (unpaired) electrons. The molecular formula is C19H23ClN2O3S. The number of halogens is 1. The topological polar surface area (TPSA) is 66.5 Å². The van der Waals surface area contributed by atoms with Crippen molar-refractivity contribution in [2.75, 3.05) is 25.9 Å². The fourth-order valence-electron chi connectivity index (χ4n) is 2.51. The molecule has 0 aromatic heterocycles. The van der Waals surface area contributed by atoms with Crippen LogP contribution < -0.4 is 5.32 Å². The van der Waals surface area contributed by atoms with Crippen LogP contribution in [0.4, 0.5) is 0 Å². The van der Waals surface area contributed by atoms with Crippen LogP contribution in [-0.2, 0) is 27.7 Å². The van der Waals surface area contributed by atoms with Gasteiger partial charge in [-0.15, -0.1) is 0 Å². The molecule has 0 aliphatic heterocycles. The summed E-state index contributed by atoms with van der Waals surface area (Å²) in [6.45, 7) is 0.905. The van der Waals surface area contributed by atoms with E-state index in [1.54, 1.807) is 24.3 Å². The van der Waals surface area contributed by atoms with Crippen LogP contribution in [0.25, 0.3) is 0 Å². The standard InChI is InChI=1S/C19H23ClN2O3S/c1-26(24,25)22(13-11-16-5-3-2-4-6-16)14-12-21-19(23)15-17-7-9-18(20)10-8-17/h2-10H,11-15H2,1H3,(H,21,23). The van der Waals surface area contributed by atoms with Gasteiger partial charge in [-0.25, -0.2) is 12.7 Å². The molecule has 140 valence electrons. The highest BCUT2D eigenvalue weighted by Gasteiger charge is 2.16. The molecule has 5 nitrogen and oxygen atoms in total. The Labute approximate surface area is 160 Å². The first kappa shape index (κ1) is 20.4. The molecule has 2 aromatic carbocycles. The van der Waals surface area contributed by atoms with Gasteiger partial charge in [0.05, 0.1) is 12.7 Å². The molecule has 0 saturated carbocycles. The summed E-state index contributed by atoms with van der Waals surface area (Å²) < 4.78 is 25.3. The van der Waals surface area contributed by atoms with Crippen LogP contribution in [-0.4, -0.2) is 44.5 Å². The Morgan fingerprint density at radius 2 is 1.65 bits per heavy atom. The highest BCUT2D eigenvalue weighted by molar-refractivity contribution is 7.88. The summed E-state index contributed by atoms with van der Waals surface area (Å²) in [6, 6.07) is 16.8. The molecule has 0 heterocycles. The van der Waals surface area contributed by atoms with E-state index >= 15 is 0 Å². The van der Waals surface area contributed by atoms with Crippen molar-refractivity contribution in [3.8, 4) is 0 Å². The van der Waals surface area contributed by atoms with Crippen LogP contribution in [0.15, 0.2) is 54.6 Å². The number of carbonyl (C=O) groups excluding carboxylic acids is 1. The minimum Gasteiger partial charge on any atom is -0.354 e. The van der Waals surface area contributed by atoms with Gasteiger partial charge in [0.1, 0.15) is 0 Å². The molecule has 0 fully saturated rings. The van der Waals surface area contributed by atoms with Crippen molar-refractivity contribution < 1.29 is 13.2 Å². The van der Waals surface area contributed by atoms with E-state index in [0.29, 0.717) is 18.0 Å². The van der Waals surface area contributed by atoms with E-state index < -0.39 is 10.0 Å². The maximum atomic E-state index is 12.0. The molecule has 0 atom stereocenters. The van der Waals surface area contributed by atoms with Crippen LogP contribution in [0.5, 0.6) is 0 Å². The third-order valence-corrected chi connectivity index (χ3v) is 5.48. The molecule has 2 rings (SSSR count). The van der Waals surface area contributed by atoms with Gasteiger partial charge in [-0.2, -0.15) is 0 Å². The van der Waals surface area contributed by atoms with Crippen LogP contribution in [0.1, 0.15) is 11.1 Å². The van der Waals surface area contributed by atoms with E-state index in [0.717, 1.165) is 11.1 Å². The summed E-state index contributed by atoms with van der Waals surface area (Å²) in [5.74, 6) is -0.149. The minimum atomic E-state index is -3.33. The van der Waals surface area contributed by atoms with E-state index in [-0.39, 0.29) is 25.4 Å². The largest absolute Gasteiger partial charge is 0.354 e. The lowest BCUT2D eigenvalue weighted by atomic mass is 10.1. The Morgan fingerprint density at radius 1 is 1.00 bits per heavy atom. The maximum Gasteiger partial charge on any atom is 0.224 e. The van der Waals surface area contributed by atoms with E-state index in [1.807, 2.05) is 30.3 Å². The molecular weight excluding hydrogens is 372 g/mol. The van der Waals surface area contributed by atoms with Gasteiger partial charge in [-0.05, 0) is 29.7 Å². The van der Waals surface area contributed by atoms with Crippen molar-refractivity contribution >= 4 is 27.5 Å². The number of hydrogen-bond acceptors (Lipinski definition) is 3. The maximum absolute atomic E-state index is 12.0. The van der Waals surface area contributed by atoms with Crippen molar-refractivity contribution in [1.82, 2.24) is 9.62 Å². The van der Waals surface area contributed by atoms with Crippen LogP contribution in [0.3, 0.4) is 0 Å². The molecule has 7 heteroatoms. The van der Waals surface area contributed by atoms with Gasteiger partial charge in [0, 0.05) is 24.7 Å². The Balaban J connectivity index is 1.81. The van der Waals surface area contributed by atoms with Crippen molar-refractivity contribution in [2.24, 2.45) is 0 Å². The highest BCUT2D eigenvalue weighted by Crippen LogP contribution is 2.10. The van der Waals surface area contributed by atoms with Crippen molar-refractivity contribution in [2.45, 2.75) is 12.8 Å². The van der Waals surface area contributed by atoms with Crippen LogP contribution in [0, 0.1) is 0 Å². The molecule has 0 spiro atoms. The predicted octanol–water partition coefficient (Wildman–Crippen LogP) is 2.50. The number of carbonyl (C=O) groups is 1. The summed E-state index contributed by atoms with van der Waals surface area (Å²) in [7, 11) is -3.33. The average Bonchev–Trinajstić information content (AvgIpc) is 2.59. The number of nitrogens with zero attached hydrogens (tertiary/aromatic N) is 1. The fourth-order valence-corrected chi connectivity index (χ4v) is 3.48. The van der Waals surface area contributed by atoms with Gasteiger partial charge < -0.3 is 5.32 Å². The smallest absolute Gasteiger partial charge is 0.224 e. The van der Waals surface area contributed by atoms with Gasteiger partial charge in [0.2, 0.25) is 15.9 Å². The lowest BCUT2D eigenvalue weighted by molar-refractivity contribution is -0.120. The molecule has 0 bridgehead atoms. The number of benzene rings is 2. The third kappa shape index (κ3) is 7.15. The molecule has 1 N–H and O–H groups in total. The first-order valence-corrected chi connectivity index (χ1v) is 10.6. The first-order chi connectivity index (χ1) is 12.3. The van der Waals surface area contributed by atoms with Gasteiger partial charge in [0.25, 0.3) is 0 Å².